The number of hydrogen-bond donors (Lipinski definition) is 2. The summed E-state index contributed by atoms with van der Waals surface area (Å²) in [7, 11) is 1.79. The smallest absolute Gasteiger partial charge is 0.157 e. The van der Waals surface area contributed by atoms with E-state index in [2.05, 4.69) is 15.3 Å². The van der Waals surface area contributed by atoms with Crippen LogP contribution in [0.15, 0.2) is 0 Å². The molecule has 2 rings (SSSR count). The van der Waals surface area contributed by atoms with Gasteiger partial charge in [-0.05, 0) is 12.8 Å². The van der Waals surface area contributed by atoms with Crippen molar-refractivity contribution in [2.24, 2.45) is 0 Å². The molecule has 1 aliphatic rings. The van der Waals surface area contributed by atoms with Gasteiger partial charge in [-0.25, -0.2) is 9.97 Å². The minimum Gasteiger partial charge on any atom is -0.393 e. The van der Waals surface area contributed by atoms with Crippen molar-refractivity contribution < 1.29 is 0 Å². The third kappa shape index (κ3) is 2.21. The zero-order valence-corrected chi connectivity index (χ0v) is 10.2. The standard InChI is InChI=1S/C11H17ClN4/c1-14-11-8(13)9(12)15-10(16-11)7-5-3-2-4-6-7/h7H,2-6,13H2,1H3,(H,14,15,16). The molecule has 1 aromatic rings. The second kappa shape index (κ2) is 4.87. The first-order chi connectivity index (χ1) is 7.72. The Hall–Kier alpha value is -1.03. The van der Waals surface area contributed by atoms with Crippen molar-refractivity contribution in [1.82, 2.24) is 9.97 Å². The van der Waals surface area contributed by atoms with E-state index in [-0.39, 0.29) is 0 Å². The fraction of sp³-hybridized carbons (Fsp3) is 0.636. The van der Waals surface area contributed by atoms with Crippen LogP contribution in [0.5, 0.6) is 0 Å². The Labute approximate surface area is 101 Å². The molecule has 1 aliphatic carbocycles. The Bertz CT molecular complexity index is 374. The number of nitrogens with two attached hydrogens (primary N) is 1. The SMILES string of the molecule is CNc1nc(C2CCCCC2)nc(Cl)c1N. The average molecular weight is 241 g/mol. The Morgan fingerprint density at radius 2 is 1.94 bits per heavy atom. The van der Waals surface area contributed by atoms with Crippen molar-refractivity contribution in [3.63, 3.8) is 0 Å². The minimum absolute atomic E-state index is 0.361. The summed E-state index contributed by atoms with van der Waals surface area (Å²) in [6, 6.07) is 0. The van der Waals surface area contributed by atoms with Crippen LogP contribution in [0, 0.1) is 0 Å². The van der Waals surface area contributed by atoms with E-state index in [4.69, 9.17) is 17.3 Å². The zero-order chi connectivity index (χ0) is 11.5. The molecule has 1 saturated carbocycles. The first-order valence-corrected chi connectivity index (χ1v) is 6.11. The van der Waals surface area contributed by atoms with E-state index in [0.717, 1.165) is 18.7 Å². The predicted octanol–water partition coefficient (Wildman–Crippen LogP) is 2.80. The average Bonchev–Trinajstić information content (AvgIpc) is 2.33. The summed E-state index contributed by atoms with van der Waals surface area (Å²) in [5, 5.41) is 3.32. The molecule has 4 nitrogen and oxygen atoms in total. The van der Waals surface area contributed by atoms with Crippen molar-refractivity contribution in [3.05, 3.63) is 11.0 Å². The van der Waals surface area contributed by atoms with E-state index in [1.165, 1.54) is 19.3 Å². The molecule has 1 fully saturated rings. The molecule has 88 valence electrons. The molecule has 1 heterocycles. The van der Waals surface area contributed by atoms with E-state index >= 15 is 0 Å². The van der Waals surface area contributed by atoms with E-state index in [1.54, 1.807) is 7.05 Å². The third-order valence-corrected chi connectivity index (χ3v) is 3.41. The summed E-state index contributed by atoms with van der Waals surface area (Å²) in [4.78, 5) is 8.74. The highest BCUT2D eigenvalue weighted by Crippen LogP contribution is 2.33. The van der Waals surface area contributed by atoms with Crippen molar-refractivity contribution in [2.75, 3.05) is 18.1 Å². The molecule has 0 saturated heterocycles. The second-order valence-corrected chi connectivity index (χ2v) is 4.58. The molecule has 0 spiro atoms. The molecule has 16 heavy (non-hydrogen) atoms. The van der Waals surface area contributed by atoms with Gasteiger partial charge in [0.25, 0.3) is 0 Å². The molecule has 5 heteroatoms. The van der Waals surface area contributed by atoms with Gasteiger partial charge in [-0.15, -0.1) is 0 Å². The van der Waals surface area contributed by atoms with Gasteiger partial charge in [-0.1, -0.05) is 30.9 Å². The lowest BCUT2D eigenvalue weighted by Gasteiger charge is -2.21. The van der Waals surface area contributed by atoms with Crippen LogP contribution in [0.2, 0.25) is 5.15 Å². The molecule has 3 N–H and O–H groups in total. The molecule has 0 aliphatic heterocycles. The summed E-state index contributed by atoms with van der Waals surface area (Å²) in [6.07, 6.45) is 6.14. The monoisotopic (exact) mass is 240 g/mol. The molecule has 1 aromatic heterocycles. The minimum atomic E-state index is 0.361. The van der Waals surface area contributed by atoms with E-state index in [0.29, 0.717) is 22.6 Å². The van der Waals surface area contributed by atoms with Crippen LogP contribution in [0.1, 0.15) is 43.8 Å². The second-order valence-electron chi connectivity index (χ2n) is 4.22. The van der Waals surface area contributed by atoms with Gasteiger partial charge in [0.05, 0.1) is 0 Å². The van der Waals surface area contributed by atoms with Gasteiger partial charge in [0.2, 0.25) is 0 Å². The topological polar surface area (TPSA) is 63.8 Å². The lowest BCUT2D eigenvalue weighted by atomic mass is 9.89. The number of halogens is 1. The van der Waals surface area contributed by atoms with E-state index < -0.39 is 0 Å². The lowest BCUT2D eigenvalue weighted by molar-refractivity contribution is 0.429. The van der Waals surface area contributed by atoms with Gasteiger partial charge in [0, 0.05) is 13.0 Å². The molecule has 0 unspecified atom stereocenters. The molecular weight excluding hydrogens is 224 g/mol. The molecule has 0 amide bonds. The number of anilines is 2. The highest BCUT2D eigenvalue weighted by atomic mass is 35.5. The number of nitrogens with zero attached hydrogens (tertiary/aromatic N) is 2. The number of rotatable bonds is 2. The molecule has 0 bridgehead atoms. The first-order valence-electron chi connectivity index (χ1n) is 5.73. The third-order valence-electron chi connectivity index (χ3n) is 3.12. The normalized spacial score (nSPS) is 17.4. The molecular formula is C11H17ClN4. The number of nitrogens with one attached hydrogen (secondary N) is 1. The van der Waals surface area contributed by atoms with Gasteiger partial charge in [-0.3, -0.25) is 0 Å². The van der Waals surface area contributed by atoms with Crippen LogP contribution in [-0.2, 0) is 0 Å². The number of hydrogen-bond acceptors (Lipinski definition) is 4. The summed E-state index contributed by atoms with van der Waals surface area (Å²) >= 11 is 6.00. The van der Waals surface area contributed by atoms with Crippen LogP contribution in [0.25, 0.3) is 0 Å². The maximum absolute atomic E-state index is 6.00. The Balaban J connectivity index is 2.29. The Morgan fingerprint density at radius 3 is 2.56 bits per heavy atom. The van der Waals surface area contributed by atoms with E-state index in [9.17, 15) is 0 Å². The van der Waals surface area contributed by atoms with Crippen LogP contribution < -0.4 is 11.1 Å². The molecule has 0 atom stereocenters. The fourth-order valence-corrected chi connectivity index (χ4v) is 2.37. The zero-order valence-electron chi connectivity index (χ0n) is 9.46. The number of nitrogen functional groups attached to an aromatic ring is 1. The predicted molar refractivity (Wildman–Crippen MR) is 66.8 cm³/mol. The summed E-state index contributed by atoms with van der Waals surface area (Å²) in [5.41, 5.74) is 6.21. The Morgan fingerprint density at radius 1 is 1.25 bits per heavy atom. The highest BCUT2D eigenvalue weighted by Gasteiger charge is 2.20. The van der Waals surface area contributed by atoms with Crippen molar-refractivity contribution >= 4 is 23.1 Å². The van der Waals surface area contributed by atoms with Gasteiger partial charge in [-0.2, -0.15) is 0 Å². The van der Waals surface area contributed by atoms with E-state index in [1.807, 2.05) is 0 Å². The maximum atomic E-state index is 6.00. The lowest BCUT2D eigenvalue weighted by Crippen LogP contribution is -2.12. The summed E-state index contributed by atoms with van der Waals surface area (Å²) < 4.78 is 0. The first kappa shape index (κ1) is 11.5. The highest BCUT2D eigenvalue weighted by molar-refractivity contribution is 6.32. The largest absolute Gasteiger partial charge is 0.393 e. The fourth-order valence-electron chi connectivity index (χ4n) is 2.19. The van der Waals surface area contributed by atoms with Gasteiger partial charge in [0.1, 0.15) is 11.5 Å². The quantitative estimate of drug-likeness (QED) is 0.781. The molecule has 0 aromatic carbocycles. The van der Waals surface area contributed by atoms with Crippen LogP contribution in [0.4, 0.5) is 11.5 Å². The summed E-state index contributed by atoms with van der Waals surface area (Å²) in [5.74, 6) is 1.92. The van der Waals surface area contributed by atoms with Crippen molar-refractivity contribution in [2.45, 2.75) is 38.0 Å². The van der Waals surface area contributed by atoms with Crippen LogP contribution in [-0.4, -0.2) is 17.0 Å². The van der Waals surface area contributed by atoms with Crippen molar-refractivity contribution in [1.29, 1.82) is 0 Å². The van der Waals surface area contributed by atoms with Crippen LogP contribution in [0.3, 0.4) is 0 Å². The molecule has 0 radical (unpaired) electrons. The summed E-state index contributed by atoms with van der Waals surface area (Å²) in [6.45, 7) is 0. The van der Waals surface area contributed by atoms with Gasteiger partial charge >= 0.3 is 0 Å². The maximum Gasteiger partial charge on any atom is 0.157 e. The van der Waals surface area contributed by atoms with Gasteiger partial charge < -0.3 is 11.1 Å². The number of aromatic nitrogens is 2. The van der Waals surface area contributed by atoms with Crippen LogP contribution >= 0.6 is 11.6 Å². The Kier molecular flexibility index (Phi) is 3.49. The van der Waals surface area contributed by atoms with Crippen molar-refractivity contribution in [3.8, 4) is 0 Å². The van der Waals surface area contributed by atoms with Gasteiger partial charge in [0.15, 0.2) is 11.0 Å².